The third-order valence-corrected chi connectivity index (χ3v) is 1.99. The van der Waals surface area contributed by atoms with Crippen molar-refractivity contribution >= 4 is 17.7 Å². The highest BCUT2D eigenvalue weighted by Gasteiger charge is 2.17. The van der Waals surface area contributed by atoms with Crippen LogP contribution in [-0.2, 0) is 4.79 Å². The lowest BCUT2D eigenvalue weighted by Crippen LogP contribution is -2.39. The summed E-state index contributed by atoms with van der Waals surface area (Å²) in [6.45, 7) is -0.661. The normalized spacial score (nSPS) is 11.8. The van der Waals surface area contributed by atoms with Gasteiger partial charge in [-0.15, -0.1) is 0 Å². The molecule has 6 nitrogen and oxygen atoms in total. The van der Waals surface area contributed by atoms with E-state index < -0.39 is 47.8 Å². The minimum atomic E-state index is -1.85. The Bertz CT molecular complexity index is 487. The number of carbonyl (C=O) groups excluding carboxylic acids is 1. The van der Waals surface area contributed by atoms with Crippen molar-refractivity contribution in [2.24, 2.45) is 0 Å². The van der Waals surface area contributed by atoms with Gasteiger partial charge in [0.15, 0.2) is 17.7 Å². The smallest absolute Gasteiger partial charge is 0.334 e. The monoisotopic (exact) mass is 278 g/mol. The first kappa shape index (κ1) is 14.8. The fourth-order valence-corrected chi connectivity index (χ4v) is 1.10. The van der Waals surface area contributed by atoms with Gasteiger partial charge in [0.05, 0.1) is 6.54 Å². The number of hydrogen-bond donors (Lipinski definition) is 4. The molecule has 9 heteroatoms. The quantitative estimate of drug-likeness (QED) is 0.650. The lowest BCUT2D eigenvalue weighted by atomic mass is 10.3. The van der Waals surface area contributed by atoms with Crippen molar-refractivity contribution in [2.45, 2.75) is 6.10 Å². The van der Waals surface area contributed by atoms with E-state index in [0.29, 0.717) is 12.1 Å². The van der Waals surface area contributed by atoms with Gasteiger partial charge >= 0.3 is 12.0 Å². The standard InChI is InChI=1S/C10H9F3N2O4/c11-4-1-5(12)8(6(13)2-4)15-10(19)14-3-7(16)9(17)18/h1-2,7,16H,3H2,(H,17,18)(H2,14,15,19)/t7-/m0/s1. The number of amides is 2. The van der Waals surface area contributed by atoms with Gasteiger partial charge in [-0.1, -0.05) is 0 Å². The Labute approximate surface area is 104 Å². The Balaban J connectivity index is 2.65. The van der Waals surface area contributed by atoms with Crippen molar-refractivity contribution in [3.8, 4) is 0 Å². The minimum Gasteiger partial charge on any atom is -0.479 e. The Morgan fingerprint density at radius 2 is 1.74 bits per heavy atom. The summed E-state index contributed by atoms with van der Waals surface area (Å²) in [6, 6.07) is -0.417. The number of aliphatic hydroxyl groups is 1. The van der Waals surface area contributed by atoms with E-state index in [9.17, 15) is 22.8 Å². The number of carbonyl (C=O) groups is 2. The molecule has 0 aliphatic heterocycles. The number of carboxylic acids is 1. The summed E-state index contributed by atoms with van der Waals surface area (Å²) in [5.41, 5.74) is -0.885. The molecular weight excluding hydrogens is 269 g/mol. The first-order valence-corrected chi connectivity index (χ1v) is 4.91. The van der Waals surface area contributed by atoms with Crippen molar-refractivity contribution < 1.29 is 33.0 Å². The Hall–Kier alpha value is -2.29. The highest BCUT2D eigenvalue weighted by Crippen LogP contribution is 2.19. The maximum atomic E-state index is 13.1. The second kappa shape index (κ2) is 6.05. The largest absolute Gasteiger partial charge is 0.479 e. The minimum absolute atomic E-state index is 0.366. The summed E-state index contributed by atoms with van der Waals surface area (Å²) in [5, 5.41) is 20.8. The van der Waals surface area contributed by atoms with Crippen molar-refractivity contribution in [2.75, 3.05) is 11.9 Å². The topological polar surface area (TPSA) is 98.7 Å². The van der Waals surface area contributed by atoms with Crippen LogP contribution < -0.4 is 10.6 Å². The van der Waals surface area contributed by atoms with Crippen LogP contribution in [0.4, 0.5) is 23.7 Å². The zero-order valence-corrected chi connectivity index (χ0v) is 9.28. The molecule has 0 unspecified atom stereocenters. The van der Waals surface area contributed by atoms with Crippen LogP contribution in [0.5, 0.6) is 0 Å². The van der Waals surface area contributed by atoms with Crippen LogP contribution in [0.3, 0.4) is 0 Å². The predicted molar refractivity (Wildman–Crippen MR) is 57.0 cm³/mol. The molecule has 0 fully saturated rings. The van der Waals surface area contributed by atoms with E-state index in [4.69, 9.17) is 10.2 Å². The molecule has 1 atom stereocenters. The summed E-state index contributed by atoms with van der Waals surface area (Å²) in [4.78, 5) is 21.4. The summed E-state index contributed by atoms with van der Waals surface area (Å²) in [5.74, 6) is -5.38. The van der Waals surface area contributed by atoms with Gasteiger partial charge < -0.3 is 20.8 Å². The predicted octanol–water partition coefficient (Wildman–Crippen LogP) is 0.671. The van der Waals surface area contributed by atoms with E-state index in [2.05, 4.69) is 0 Å². The Morgan fingerprint density at radius 3 is 2.21 bits per heavy atom. The first-order valence-electron chi connectivity index (χ1n) is 4.91. The van der Waals surface area contributed by atoms with E-state index in [1.54, 1.807) is 5.32 Å². The highest BCUT2D eigenvalue weighted by molar-refractivity contribution is 5.89. The SMILES string of the molecule is O=C(NC[C@H](O)C(=O)O)Nc1c(F)cc(F)cc1F. The molecule has 1 aromatic rings. The summed E-state index contributed by atoms with van der Waals surface area (Å²) in [6.07, 6.45) is -1.85. The number of rotatable bonds is 4. The average molecular weight is 278 g/mol. The zero-order valence-electron chi connectivity index (χ0n) is 9.28. The zero-order chi connectivity index (χ0) is 14.6. The number of carboxylic acid groups (broad SMARTS) is 1. The van der Waals surface area contributed by atoms with Crippen LogP contribution in [0.2, 0.25) is 0 Å². The molecule has 0 bridgehead atoms. The van der Waals surface area contributed by atoms with Gasteiger partial charge in [0, 0.05) is 12.1 Å². The molecule has 0 aliphatic rings. The molecule has 0 aliphatic carbocycles. The molecule has 0 radical (unpaired) electrons. The fraction of sp³-hybridized carbons (Fsp3) is 0.200. The van der Waals surface area contributed by atoms with E-state index in [1.807, 2.05) is 5.32 Å². The van der Waals surface area contributed by atoms with E-state index in [-0.39, 0.29) is 0 Å². The fourth-order valence-electron chi connectivity index (χ4n) is 1.10. The first-order chi connectivity index (χ1) is 8.81. The molecular formula is C10H9F3N2O4. The third-order valence-electron chi connectivity index (χ3n) is 1.99. The number of anilines is 1. The second-order valence-corrected chi connectivity index (χ2v) is 3.43. The van der Waals surface area contributed by atoms with Crippen LogP contribution in [-0.4, -0.2) is 34.9 Å². The number of urea groups is 1. The van der Waals surface area contributed by atoms with Gasteiger partial charge in [0.1, 0.15) is 11.5 Å². The Kier molecular flexibility index (Phi) is 4.70. The molecule has 1 rings (SSSR count). The highest BCUT2D eigenvalue weighted by atomic mass is 19.1. The Morgan fingerprint density at radius 1 is 1.21 bits per heavy atom. The summed E-state index contributed by atoms with van der Waals surface area (Å²) >= 11 is 0. The molecule has 0 saturated heterocycles. The number of benzene rings is 1. The van der Waals surface area contributed by atoms with Crippen molar-refractivity contribution in [3.05, 3.63) is 29.6 Å². The van der Waals surface area contributed by atoms with Crippen LogP contribution >= 0.6 is 0 Å². The summed E-state index contributed by atoms with van der Waals surface area (Å²) < 4.78 is 38.8. The number of halogens is 3. The third kappa shape index (κ3) is 4.14. The van der Waals surface area contributed by atoms with Crippen LogP contribution in [0, 0.1) is 17.5 Å². The van der Waals surface area contributed by atoms with Crippen molar-refractivity contribution in [1.29, 1.82) is 0 Å². The molecule has 0 aromatic heterocycles. The van der Waals surface area contributed by atoms with Gasteiger partial charge in [-0.3, -0.25) is 0 Å². The molecule has 0 spiro atoms. The average Bonchev–Trinajstić information content (AvgIpc) is 2.30. The second-order valence-electron chi connectivity index (χ2n) is 3.43. The van der Waals surface area contributed by atoms with E-state index in [1.165, 1.54) is 0 Å². The molecule has 2 amide bonds. The van der Waals surface area contributed by atoms with Gasteiger partial charge in [-0.25, -0.2) is 22.8 Å². The molecule has 4 N–H and O–H groups in total. The maximum absolute atomic E-state index is 13.1. The molecule has 0 saturated carbocycles. The molecule has 0 heterocycles. The number of nitrogens with one attached hydrogen (secondary N) is 2. The van der Waals surface area contributed by atoms with Gasteiger partial charge in [0.25, 0.3) is 0 Å². The molecule has 1 aromatic carbocycles. The number of hydrogen-bond acceptors (Lipinski definition) is 3. The van der Waals surface area contributed by atoms with Crippen molar-refractivity contribution in [1.82, 2.24) is 5.32 Å². The maximum Gasteiger partial charge on any atom is 0.334 e. The van der Waals surface area contributed by atoms with Crippen LogP contribution in [0.1, 0.15) is 0 Å². The number of aliphatic carboxylic acids is 1. The number of aliphatic hydroxyl groups excluding tert-OH is 1. The molecule has 19 heavy (non-hydrogen) atoms. The van der Waals surface area contributed by atoms with Gasteiger partial charge in [0.2, 0.25) is 0 Å². The van der Waals surface area contributed by atoms with Gasteiger partial charge in [-0.2, -0.15) is 0 Å². The summed E-state index contributed by atoms with van der Waals surface area (Å²) in [7, 11) is 0. The van der Waals surface area contributed by atoms with Crippen molar-refractivity contribution in [3.63, 3.8) is 0 Å². The lowest BCUT2D eigenvalue weighted by molar-refractivity contribution is -0.146. The van der Waals surface area contributed by atoms with E-state index in [0.717, 1.165) is 0 Å². The van der Waals surface area contributed by atoms with Crippen LogP contribution in [0.25, 0.3) is 0 Å². The van der Waals surface area contributed by atoms with Crippen LogP contribution in [0.15, 0.2) is 12.1 Å². The van der Waals surface area contributed by atoms with E-state index >= 15 is 0 Å². The van der Waals surface area contributed by atoms with Gasteiger partial charge in [-0.05, 0) is 0 Å². The molecule has 104 valence electrons. The lowest BCUT2D eigenvalue weighted by Gasteiger charge is -2.10.